The molecule has 0 amide bonds. The summed E-state index contributed by atoms with van der Waals surface area (Å²) < 4.78 is 0. The van der Waals surface area contributed by atoms with Gasteiger partial charge in [-0.25, -0.2) is 0 Å². The Kier molecular flexibility index (Phi) is 4.42. The molecule has 0 radical (unpaired) electrons. The van der Waals surface area contributed by atoms with Crippen LogP contribution in [0.15, 0.2) is 42.6 Å². The lowest BCUT2D eigenvalue weighted by molar-refractivity contribution is -0.385. The second-order valence-corrected chi connectivity index (χ2v) is 4.74. The number of rotatable bonds is 5. The van der Waals surface area contributed by atoms with Gasteiger partial charge in [0.25, 0.3) is 5.69 Å². The van der Waals surface area contributed by atoms with Crippen LogP contribution in [0.3, 0.4) is 0 Å². The normalized spacial score (nSPS) is 12.1. The Morgan fingerprint density at radius 2 is 2.15 bits per heavy atom. The maximum absolute atomic E-state index is 10.9. The molecule has 0 aliphatic rings. The minimum Gasteiger partial charge on any atom is -0.305 e. The number of nitro groups is 1. The summed E-state index contributed by atoms with van der Waals surface area (Å²) >= 11 is 0. The van der Waals surface area contributed by atoms with Crippen LogP contribution in [0.2, 0.25) is 0 Å². The van der Waals surface area contributed by atoms with Crippen LogP contribution in [0, 0.1) is 17.0 Å². The van der Waals surface area contributed by atoms with E-state index in [0.717, 1.165) is 11.3 Å². The molecule has 1 N–H and O–H groups in total. The van der Waals surface area contributed by atoms with Crippen molar-refractivity contribution in [2.45, 2.75) is 26.4 Å². The number of aryl methyl sites for hydroxylation is 1. The number of aromatic nitrogens is 1. The SMILES string of the molecule is Cc1ccc(CN[C@@H](C)c2ccccn2)cc1[N+](=O)[O-]. The molecule has 20 heavy (non-hydrogen) atoms. The molecule has 104 valence electrons. The first-order valence-corrected chi connectivity index (χ1v) is 6.46. The van der Waals surface area contributed by atoms with Gasteiger partial charge in [-0.05, 0) is 31.5 Å². The van der Waals surface area contributed by atoms with Crippen molar-refractivity contribution in [1.82, 2.24) is 10.3 Å². The summed E-state index contributed by atoms with van der Waals surface area (Å²) in [5.74, 6) is 0. The maximum Gasteiger partial charge on any atom is 0.272 e. The molecule has 0 spiro atoms. The first kappa shape index (κ1) is 14.1. The van der Waals surface area contributed by atoms with Crippen molar-refractivity contribution in [3.05, 3.63) is 69.5 Å². The van der Waals surface area contributed by atoms with Gasteiger partial charge in [0.05, 0.1) is 10.6 Å². The number of nitro benzene ring substituents is 1. The smallest absolute Gasteiger partial charge is 0.272 e. The zero-order valence-electron chi connectivity index (χ0n) is 11.5. The van der Waals surface area contributed by atoms with Gasteiger partial charge in [0.15, 0.2) is 0 Å². The Labute approximate surface area is 117 Å². The second-order valence-electron chi connectivity index (χ2n) is 4.74. The number of benzene rings is 1. The van der Waals surface area contributed by atoms with E-state index >= 15 is 0 Å². The molecule has 5 nitrogen and oxygen atoms in total. The summed E-state index contributed by atoms with van der Waals surface area (Å²) in [6.07, 6.45) is 1.75. The average molecular weight is 271 g/mol. The fourth-order valence-electron chi connectivity index (χ4n) is 1.97. The molecule has 1 atom stereocenters. The van der Waals surface area contributed by atoms with Gasteiger partial charge in [0, 0.05) is 30.4 Å². The molecule has 0 aliphatic carbocycles. The average Bonchev–Trinajstić information content (AvgIpc) is 2.46. The molecular formula is C15H17N3O2. The molecule has 2 aromatic rings. The highest BCUT2D eigenvalue weighted by molar-refractivity contribution is 5.42. The lowest BCUT2D eigenvalue weighted by Crippen LogP contribution is -2.19. The summed E-state index contributed by atoms with van der Waals surface area (Å²) in [7, 11) is 0. The number of hydrogen-bond donors (Lipinski definition) is 1. The van der Waals surface area contributed by atoms with E-state index in [1.807, 2.05) is 31.2 Å². The highest BCUT2D eigenvalue weighted by atomic mass is 16.6. The van der Waals surface area contributed by atoms with Crippen molar-refractivity contribution < 1.29 is 4.92 Å². The Bertz CT molecular complexity index is 599. The third kappa shape index (κ3) is 3.39. The van der Waals surface area contributed by atoms with Crippen molar-refractivity contribution in [3.63, 3.8) is 0 Å². The Morgan fingerprint density at radius 1 is 1.35 bits per heavy atom. The topological polar surface area (TPSA) is 68.1 Å². The van der Waals surface area contributed by atoms with E-state index in [4.69, 9.17) is 0 Å². The second kappa shape index (κ2) is 6.25. The van der Waals surface area contributed by atoms with E-state index in [1.54, 1.807) is 25.3 Å². The summed E-state index contributed by atoms with van der Waals surface area (Å²) in [5.41, 5.74) is 2.69. The molecule has 0 fully saturated rings. The van der Waals surface area contributed by atoms with Crippen LogP contribution in [-0.4, -0.2) is 9.91 Å². The molecule has 1 aromatic heterocycles. The molecule has 5 heteroatoms. The van der Waals surface area contributed by atoms with Gasteiger partial charge in [-0.15, -0.1) is 0 Å². The van der Waals surface area contributed by atoms with Crippen LogP contribution in [0.25, 0.3) is 0 Å². The van der Waals surface area contributed by atoms with E-state index < -0.39 is 0 Å². The third-order valence-electron chi connectivity index (χ3n) is 3.21. The molecule has 0 unspecified atom stereocenters. The van der Waals surface area contributed by atoms with E-state index in [-0.39, 0.29) is 16.7 Å². The van der Waals surface area contributed by atoms with Gasteiger partial charge in [-0.3, -0.25) is 15.1 Å². The third-order valence-corrected chi connectivity index (χ3v) is 3.21. The molecular weight excluding hydrogens is 254 g/mol. The van der Waals surface area contributed by atoms with Crippen molar-refractivity contribution in [2.24, 2.45) is 0 Å². The van der Waals surface area contributed by atoms with Gasteiger partial charge < -0.3 is 5.32 Å². The predicted molar refractivity (Wildman–Crippen MR) is 77.3 cm³/mol. The standard InChI is InChI=1S/C15H17N3O2/c1-11-6-7-13(9-15(11)18(19)20)10-17-12(2)14-5-3-4-8-16-14/h3-9,12,17H,10H2,1-2H3/t12-/m0/s1. The van der Waals surface area contributed by atoms with Crippen molar-refractivity contribution in [2.75, 3.05) is 0 Å². The molecule has 0 saturated carbocycles. The van der Waals surface area contributed by atoms with Crippen LogP contribution in [0.5, 0.6) is 0 Å². The van der Waals surface area contributed by atoms with Crippen LogP contribution in [0.1, 0.15) is 29.8 Å². The number of hydrogen-bond acceptors (Lipinski definition) is 4. The first-order valence-electron chi connectivity index (χ1n) is 6.46. The largest absolute Gasteiger partial charge is 0.305 e. The number of pyridine rings is 1. The Balaban J connectivity index is 2.04. The maximum atomic E-state index is 10.9. The minimum atomic E-state index is -0.346. The van der Waals surface area contributed by atoms with Gasteiger partial charge >= 0.3 is 0 Å². The van der Waals surface area contributed by atoms with Crippen LogP contribution >= 0.6 is 0 Å². The van der Waals surface area contributed by atoms with Gasteiger partial charge in [-0.2, -0.15) is 0 Å². The van der Waals surface area contributed by atoms with Gasteiger partial charge in [0.2, 0.25) is 0 Å². The van der Waals surface area contributed by atoms with Crippen molar-refractivity contribution in [3.8, 4) is 0 Å². The fourth-order valence-corrected chi connectivity index (χ4v) is 1.97. The quantitative estimate of drug-likeness (QED) is 0.670. The Morgan fingerprint density at radius 3 is 2.80 bits per heavy atom. The van der Waals surface area contributed by atoms with Crippen molar-refractivity contribution in [1.29, 1.82) is 0 Å². The monoisotopic (exact) mass is 271 g/mol. The number of nitrogens with one attached hydrogen (secondary N) is 1. The lowest BCUT2D eigenvalue weighted by Gasteiger charge is -2.13. The number of nitrogens with zero attached hydrogens (tertiary/aromatic N) is 2. The highest BCUT2D eigenvalue weighted by Crippen LogP contribution is 2.19. The zero-order chi connectivity index (χ0) is 14.5. The molecule has 1 aromatic carbocycles. The molecule has 1 heterocycles. The summed E-state index contributed by atoms with van der Waals surface area (Å²) in [4.78, 5) is 14.8. The molecule has 2 rings (SSSR count). The van der Waals surface area contributed by atoms with E-state index in [9.17, 15) is 10.1 Å². The summed E-state index contributed by atoms with van der Waals surface area (Å²) in [6.45, 7) is 4.33. The predicted octanol–water partition coefficient (Wildman–Crippen LogP) is 3.15. The summed E-state index contributed by atoms with van der Waals surface area (Å²) in [6, 6.07) is 11.2. The zero-order valence-corrected chi connectivity index (χ0v) is 11.5. The van der Waals surface area contributed by atoms with Crippen LogP contribution in [0.4, 0.5) is 5.69 Å². The molecule has 0 bridgehead atoms. The highest BCUT2D eigenvalue weighted by Gasteiger charge is 2.11. The Hall–Kier alpha value is -2.27. The van der Waals surface area contributed by atoms with E-state index in [0.29, 0.717) is 12.1 Å². The van der Waals surface area contributed by atoms with E-state index in [2.05, 4.69) is 10.3 Å². The fraction of sp³-hybridized carbons (Fsp3) is 0.267. The van der Waals surface area contributed by atoms with Crippen LogP contribution < -0.4 is 5.32 Å². The lowest BCUT2D eigenvalue weighted by atomic mass is 10.1. The van der Waals surface area contributed by atoms with Gasteiger partial charge in [0.1, 0.15) is 0 Å². The molecule has 0 aliphatic heterocycles. The molecule has 0 saturated heterocycles. The van der Waals surface area contributed by atoms with Gasteiger partial charge in [-0.1, -0.05) is 18.2 Å². The summed E-state index contributed by atoms with van der Waals surface area (Å²) in [5, 5.41) is 14.2. The van der Waals surface area contributed by atoms with E-state index in [1.165, 1.54) is 0 Å². The minimum absolute atomic E-state index is 0.0940. The first-order chi connectivity index (χ1) is 9.58. The van der Waals surface area contributed by atoms with Crippen LogP contribution in [-0.2, 0) is 6.54 Å². The van der Waals surface area contributed by atoms with Crippen molar-refractivity contribution >= 4 is 5.69 Å².